The first kappa shape index (κ1) is 16.4. The summed E-state index contributed by atoms with van der Waals surface area (Å²) in [6.45, 7) is 0. The van der Waals surface area contributed by atoms with E-state index >= 15 is 0 Å². The summed E-state index contributed by atoms with van der Waals surface area (Å²) in [5.74, 6) is 0.126. The summed E-state index contributed by atoms with van der Waals surface area (Å²) in [5.41, 5.74) is 6.27. The molecule has 0 aromatic heterocycles. The minimum absolute atomic E-state index is 0.215. The number of aromatic hydroxyl groups is 1. The SMILES string of the molecule is COc1cc2c(cc1F)C(c1ccc(O)cc1)=C(c1ccccc1)CC2. The van der Waals surface area contributed by atoms with E-state index in [9.17, 15) is 9.50 Å². The van der Waals surface area contributed by atoms with Crippen LogP contribution in [0.25, 0.3) is 11.1 Å². The summed E-state index contributed by atoms with van der Waals surface area (Å²) < 4.78 is 19.6. The summed E-state index contributed by atoms with van der Waals surface area (Å²) in [4.78, 5) is 0. The van der Waals surface area contributed by atoms with Crippen LogP contribution in [0.3, 0.4) is 0 Å². The molecule has 0 heterocycles. The normalized spacial score (nSPS) is 13.5. The average Bonchev–Trinajstić information content (AvgIpc) is 2.68. The first-order valence-electron chi connectivity index (χ1n) is 8.62. The number of ether oxygens (including phenoxy) is 1. The number of phenols is 1. The van der Waals surface area contributed by atoms with Crippen molar-refractivity contribution in [3.05, 3.63) is 94.8 Å². The fourth-order valence-electron chi connectivity index (χ4n) is 3.62. The van der Waals surface area contributed by atoms with E-state index in [2.05, 4.69) is 12.1 Å². The van der Waals surface area contributed by atoms with E-state index in [0.717, 1.165) is 40.7 Å². The lowest BCUT2D eigenvalue weighted by atomic mass is 9.79. The van der Waals surface area contributed by atoms with Gasteiger partial charge in [0.15, 0.2) is 11.6 Å². The molecule has 1 N–H and O–H groups in total. The van der Waals surface area contributed by atoms with Gasteiger partial charge in [-0.25, -0.2) is 4.39 Å². The molecule has 0 unspecified atom stereocenters. The molecule has 0 fully saturated rings. The number of methoxy groups -OCH3 is 1. The first-order chi connectivity index (χ1) is 12.7. The Morgan fingerprint density at radius 1 is 0.885 bits per heavy atom. The highest BCUT2D eigenvalue weighted by Gasteiger charge is 2.23. The van der Waals surface area contributed by atoms with E-state index in [-0.39, 0.29) is 17.3 Å². The molecule has 0 amide bonds. The Hall–Kier alpha value is -3.07. The van der Waals surface area contributed by atoms with Gasteiger partial charge in [0.05, 0.1) is 7.11 Å². The van der Waals surface area contributed by atoms with Crippen LogP contribution in [0.2, 0.25) is 0 Å². The zero-order valence-electron chi connectivity index (χ0n) is 14.5. The molecule has 3 heteroatoms. The van der Waals surface area contributed by atoms with Gasteiger partial charge in [-0.1, -0.05) is 42.5 Å². The van der Waals surface area contributed by atoms with Gasteiger partial charge < -0.3 is 9.84 Å². The fraction of sp³-hybridized carbons (Fsp3) is 0.130. The minimum atomic E-state index is -0.364. The van der Waals surface area contributed by atoms with Crippen molar-refractivity contribution in [1.82, 2.24) is 0 Å². The molecule has 3 aromatic carbocycles. The van der Waals surface area contributed by atoms with E-state index in [1.54, 1.807) is 24.3 Å². The Kier molecular flexibility index (Phi) is 4.21. The largest absolute Gasteiger partial charge is 0.508 e. The molecule has 0 bridgehead atoms. The number of hydrogen-bond donors (Lipinski definition) is 1. The zero-order valence-corrected chi connectivity index (χ0v) is 14.5. The predicted molar refractivity (Wildman–Crippen MR) is 102 cm³/mol. The van der Waals surface area contributed by atoms with Crippen molar-refractivity contribution < 1.29 is 14.2 Å². The summed E-state index contributed by atoms with van der Waals surface area (Å²) in [5, 5.41) is 9.65. The molecular weight excluding hydrogens is 327 g/mol. The quantitative estimate of drug-likeness (QED) is 0.684. The second-order valence-electron chi connectivity index (χ2n) is 6.41. The summed E-state index contributed by atoms with van der Waals surface area (Å²) in [6.07, 6.45) is 1.69. The molecule has 130 valence electrons. The van der Waals surface area contributed by atoms with Crippen LogP contribution in [0.5, 0.6) is 11.5 Å². The average molecular weight is 346 g/mol. The van der Waals surface area contributed by atoms with Crippen LogP contribution in [-0.2, 0) is 6.42 Å². The van der Waals surface area contributed by atoms with Crippen LogP contribution in [-0.4, -0.2) is 12.2 Å². The molecule has 3 aromatic rings. The van der Waals surface area contributed by atoms with Gasteiger partial charge in [-0.3, -0.25) is 0 Å². The lowest BCUT2D eigenvalue weighted by Gasteiger charge is -2.25. The van der Waals surface area contributed by atoms with Crippen molar-refractivity contribution in [2.24, 2.45) is 0 Å². The Labute approximate surface area is 152 Å². The molecular formula is C23H19FO2. The Bertz CT molecular complexity index is 973. The Morgan fingerprint density at radius 2 is 1.62 bits per heavy atom. The molecule has 26 heavy (non-hydrogen) atoms. The third-order valence-electron chi connectivity index (χ3n) is 4.87. The fourth-order valence-corrected chi connectivity index (χ4v) is 3.62. The molecule has 0 spiro atoms. The van der Waals surface area contributed by atoms with Crippen LogP contribution in [0.4, 0.5) is 4.39 Å². The highest BCUT2D eigenvalue weighted by Crippen LogP contribution is 2.42. The van der Waals surface area contributed by atoms with Gasteiger partial charge in [0.1, 0.15) is 5.75 Å². The number of fused-ring (bicyclic) bond motifs is 1. The summed E-state index contributed by atoms with van der Waals surface area (Å²) >= 11 is 0. The standard InChI is InChI=1S/C23H19FO2/c1-26-22-13-17-9-12-19(15-5-3-2-4-6-15)23(20(17)14-21(22)24)16-7-10-18(25)11-8-16/h2-8,10-11,13-14,25H,9,12H2,1H3. The smallest absolute Gasteiger partial charge is 0.165 e. The van der Waals surface area contributed by atoms with E-state index < -0.39 is 0 Å². The number of allylic oxidation sites excluding steroid dienone is 1. The van der Waals surface area contributed by atoms with Gasteiger partial charge in [-0.05, 0) is 70.5 Å². The number of rotatable bonds is 3. The number of halogens is 1. The van der Waals surface area contributed by atoms with E-state index in [1.807, 2.05) is 30.3 Å². The second kappa shape index (κ2) is 6.68. The molecule has 0 aliphatic heterocycles. The number of phenolic OH excluding ortho intramolecular Hbond substituents is 1. The topological polar surface area (TPSA) is 29.5 Å². The molecule has 1 aliphatic rings. The Balaban J connectivity index is 1.99. The van der Waals surface area contributed by atoms with Crippen LogP contribution >= 0.6 is 0 Å². The number of benzene rings is 3. The van der Waals surface area contributed by atoms with E-state index in [1.165, 1.54) is 12.7 Å². The molecule has 0 radical (unpaired) electrons. The van der Waals surface area contributed by atoms with Gasteiger partial charge in [0.2, 0.25) is 0 Å². The van der Waals surface area contributed by atoms with Gasteiger partial charge in [0.25, 0.3) is 0 Å². The molecule has 4 rings (SSSR count). The highest BCUT2D eigenvalue weighted by atomic mass is 19.1. The monoisotopic (exact) mass is 346 g/mol. The predicted octanol–water partition coefficient (Wildman–Crippen LogP) is 5.45. The van der Waals surface area contributed by atoms with E-state index in [0.29, 0.717) is 0 Å². The lowest BCUT2D eigenvalue weighted by Crippen LogP contribution is -2.07. The third-order valence-corrected chi connectivity index (χ3v) is 4.87. The number of aryl methyl sites for hydroxylation is 1. The molecule has 0 atom stereocenters. The van der Waals surface area contributed by atoms with Gasteiger partial charge in [-0.2, -0.15) is 0 Å². The molecule has 1 aliphatic carbocycles. The summed E-state index contributed by atoms with van der Waals surface area (Å²) in [6, 6.07) is 20.6. The molecule has 0 saturated heterocycles. The van der Waals surface area contributed by atoms with Gasteiger partial charge in [-0.15, -0.1) is 0 Å². The minimum Gasteiger partial charge on any atom is -0.508 e. The van der Waals surface area contributed by atoms with Crippen molar-refractivity contribution in [3.63, 3.8) is 0 Å². The second-order valence-corrected chi connectivity index (χ2v) is 6.41. The van der Waals surface area contributed by atoms with Gasteiger partial charge >= 0.3 is 0 Å². The summed E-state index contributed by atoms with van der Waals surface area (Å²) in [7, 11) is 1.49. The molecule has 2 nitrogen and oxygen atoms in total. The van der Waals surface area contributed by atoms with Crippen LogP contribution < -0.4 is 4.74 Å². The van der Waals surface area contributed by atoms with Crippen molar-refractivity contribution in [2.45, 2.75) is 12.8 Å². The van der Waals surface area contributed by atoms with Crippen molar-refractivity contribution >= 4 is 11.1 Å². The van der Waals surface area contributed by atoms with Crippen LogP contribution in [0.15, 0.2) is 66.7 Å². The van der Waals surface area contributed by atoms with Crippen molar-refractivity contribution in [3.8, 4) is 11.5 Å². The van der Waals surface area contributed by atoms with Crippen molar-refractivity contribution in [2.75, 3.05) is 7.11 Å². The van der Waals surface area contributed by atoms with Crippen LogP contribution in [0, 0.1) is 5.82 Å². The zero-order chi connectivity index (χ0) is 18.1. The highest BCUT2D eigenvalue weighted by molar-refractivity contribution is 6.00. The van der Waals surface area contributed by atoms with Gasteiger partial charge in [0, 0.05) is 0 Å². The maximum absolute atomic E-state index is 14.5. The maximum Gasteiger partial charge on any atom is 0.165 e. The lowest BCUT2D eigenvalue weighted by molar-refractivity contribution is 0.386. The third kappa shape index (κ3) is 2.86. The number of hydrogen-bond acceptors (Lipinski definition) is 2. The van der Waals surface area contributed by atoms with Crippen LogP contribution in [0.1, 0.15) is 28.7 Å². The van der Waals surface area contributed by atoms with Crippen molar-refractivity contribution in [1.29, 1.82) is 0 Å². The Morgan fingerprint density at radius 3 is 2.31 bits per heavy atom. The first-order valence-corrected chi connectivity index (χ1v) is 8.62. The van der Waals surface area contributed by atoms with E-state index in [4.69, 9.17) is 4.74 Å². The molecule has 0 saturated carbocycles. The maximum atomic E-state index is 14.5.